The van der Waals surface area contributed by atoms with E-state index >= 15 is 0 Å². The summed E-state index contributed by atoms with van der Waals surface area (Å²) in [6.07, 6.45) is 5.63. The fourth-order valence-corrected chi connectivity index (χ4v) is 3.32. The van der Waals surface area contributed by atoms with Crippen LogP contribution in [0.3, 0.4) is 0 Å². The molecule has 0 saturated heterocycles. The molecule has 0 aliphatic heterocycles. The third-order valence-electron chi connectivity index (χ3n) is 4.90. The Bertz CT molecular complexity index is 987. The highest BCUT2D eigenvalue weighted by Gasteiger charge is 2.15. The van der Waals surface area contributed by atoms with Gasteiger partial charge in [-0.3, -0.25) is 0 Å². The Kier molecular flexibility index (Phi) is 6.82. The molecule has 0 atom stereocenters. The van der Waals surface area contributed by atoms with E-state index in [4.69, 9.17) is 4.74 Å². The minimum atomic E-state index is -0.945. The summed E-state index contributed by atoms with van der Waals surface area (Å²) in [5, 5.41) is 0. The van der Waals surface area contributed by atoms with Crippen molar-refractivity contribution in [3.8, 4) is 16.9 Å². The average molecular weight is 392 g/mol. The second kappa shape index (κ2) is 9.51. The Hall–Kier alpha value is -2.94. The largest absolute Gasteiger partial charge is 0.491 e. The van der Waals surface area contributed by atoms with Crippen molar-refractivity contribution in [2.24, 2.45) is 0 Å². The van der Waals surface area contributed by atoms with E-state index in [2.05, 4.69) is 31.2 Å². The van der Waals surface area contributed by atoms with E-state index in [1.165, 1.54) is 11.6 Å². The molecule has 0 fully saturated rings. The summed E-state index contributed by atoms with van der Waals surface area (Å²) in [6.45, 7) is 5.95. The van der Waals surface area contributed by atoms with Gasteiger partial charge in [-0.1, -0.05) is 74.0 Å². The summed E-state index contributed by atoms with van der Waals surface area (Å²) in [6, 6.07) is 18.2. The minimum absolute atomic E-state index is 0.0473. The van der Waals surface area contributed by atoms with Crippen LogP contribution in [-0.4, -0.2) is 6.61 Å². The molecule has 0 amide bonds. The van der Waals surface area contributed by atoms with Crippen molar-refractivity contribution in [1.82, 2.24) is 0 Å². The van der Waals surface area contributed by atoms with Crippen molar-refractivity contribution in [2.75, 3.05) is 6.61 Å². The molecule has 29 heavy (non-hydrogen) atoms. The van der Waals surface area contributed by atoms with E-state index in [1.807, 2.05) is 24.3 Å². The second-order valence-electron chi connectivity index (χ2n) is 7.07. The smallest absolute Gasteiger partial charge is 0.201 e. The Labute approximate surface area is 171 Å². The molecule has 0 aliphatic rings. The van der Waals surface area contributed by atoms with Crippen molar-refractivity contribution in [2.45, 2.75) is 33.6 Å². The first-order valence-corrected chi connectivity index (χ1v) is 10.0. The second-order valence-corrected chi connectivity index (χ2v) is 7.07. The fraction of sp³-hybridized carbons (Fsp3) is 0.231. The van der Waals surface area contributed by atoms with E-state index in [0.717, 1.165) is 29.5 Å². The monoisotopic (exact) mass is 392 g/mol. The van der Waals surface area contributed by atoms with Crippen LogP contribution in [0.2, 0.25) is 0 Å². The van der Waals surface area contributed by atoms with Crippen LogP contribution >= 0.6 is 0 Å². The number of rotatable bonds is 7. The van der Waals surface area contributed by atoms with Crippen LogP contribution in [0.4, 0.5) is 8.78 Å². The first-order valence-electron chi connectivity index (χ1n) is 10.0. The summed E-state index contributed by atoms with van der Waals surface area (Å²) in [4.78, 5) is 0. The zero-order chi connectivity index (χ0) is 20.8. The van der Waals surface area contributed by atoms with Gasteiger partial charge in [0.1, 0.15) is 0 Å². The molecule has 0 bridgehead atoms. The van der Waals surface area contributed by atoms with Gasteiger partial charge in [0, 0.05) is 5.56 Å². The van der Waals surface area contributed by atoms with Crippen molar-refractivity contribution < 1.29 is 13.5 Å². The van der Waals surface area contributed by atoms with Crippen LogP contribution in [0.1, 0.15) is 42.5 Å². The molecule has 3 aromatic rings. The highest BCUT2D eigenvalue weighted by Crippen LogP contribution is 2.28. The third-order valence-corrected chi connectivity index (χ3v) is 4.90. The summed E-state index contributed by atoms with van der Waals surface area (Å²) in [5.74, 6) is -1.87. The quantitative estimate of drug-likeness (QED) is 0.379. The van der Waals surface area contributed by atoms with Gasteiger partial charge >= 0.3 is 0 Å². The number of ether oxygens (including phenoxy) is 1. The molecule has 0 radical (unpaired) electrons. The molecule has 150 valence electrons. The Morgan fingerprint density at radius 3 is 2.03 bits per heavy atom. The van der Waals surface area contributed by atoms with Gasteiger partial charge in [0.25, 0.3) is 0 Å². The molecule has 0 heterocycles. The van der Waals surface area contributed by atoms with Gasteiger partial charge in [0.05, 0.1) is 6.61 Å². The summed E-state index contributed by atoms with van der Waals surface area (Å²) in [5.41, 5.74) is 5.42. The zero-order valence-electron chi connectivity index (χ0n) is 17.1. The van der Waals surface area contributed by atoms with Gasteiger partial charge in [0.2, 0.25) is 5.82 Å². The first kappa shape index (κ1) is 20.8. The highest BCUT2D eigenvalue weighted by atomic mass is 19.2. The molecule has 0 aromatic heterocycles. The Balaban J connectivity index is 1.79. The van der Waals surface area contributed by atoms with Crippen LogP contribution in [0.25, 0.3) is 23.3 Å². The maximum absolute atomic E-state index is 14.4. The first-order chi connectivity index (χ1) is 14.0. The SMILES string of the molecule is CCCc1ccc(-c2ccc(C=Cc3c(C)cc(OCC)c(F)c3F)cc2)cc1. The molecule has 3 heteroatoms. The number of halogens is 2. The van der Waals surface area contributed by atoms with Crippen molar-refractivity contribution in [1.29, 1.82) is 0 Å². The minimum Gasteiger partial charge on any atom is -0.491 e. The fourth-order valence-electron chi connectivity index (χ4n) is 3.32. The third kappa shape index (κ3) is 4.92. The molecule has 3 rings (SSSR count). The van der Waals surface area contributed by atoms with Crippen molar-refractivity contribution in [3.63, 3.8) is 0 Å². The lowest BCUT2D eigenvalue weighted by atomic mass is 10.0. The molecule has 0 spiro atoms. The average Bonchev–Trinajstić information content (AvgIpc) is 2.73. The maximum Gasteiger partial charge on any atom is 0.201 e. The molecular weight excluding hydrogens is 366 g/mol. The highest BCUT2D eigenvalue weighted by molar-refractivity contribution is 5.74. The molecule has 0 aliphatic carbocycles. The molecule has 1 nitrogen and oxygen atoms in total. The predicted molar refractivity (Wildman–Crippen MR) is 117 cm³/mol. The molecule has 0 N–H and O–H groups in total. The lowest BCUT2D eigenvalue weighted by Crippen LogP contribution is -2.00. The standard InChI is InChI=1S/C26H26F2O/c1-4-6-19-7-12-21(13-8-19)22-14-9-20(10-15-22)11-16-23-18(3)17-24(29-5-2)26(28)25(23)27/h7-17H,4-6H2,1-3H3. The van der Waals surface area contributed by atoms with Crippen LogP contribution in [-0.2, 0) is 6.42 Å². The van der Waals surface area contributed by atoms with E-state index in [9.17, 15) is 8.78 Å². The van der Waals surface area contributed by atoms with Gasteiger partial charge in [-0.15, -0.1) is 0 Å². The van der Waals surface area contributed by atoms with E-state index in [-0.39, 0.29) is 11.3 Å². The predicted octanol–water partition coefficient (Wildman–Crippen LogP) is 7.46. The normalized spacial score (nSPS) is 11.2. The van der Waals surface area contributed by atoms with Crippen LogP contribution in [0.15, 0.2) is 54.6 Å². The van der Waals surface area contributed by atoms with E-state index < -0.39 is 11.6 Å². The van der Waals surface area contributed by atoms with Crippen LogP contribution < -0.4 is 4.74 Å². The number of hydrogen-bond acceptors (Lipinski definition) is 1. The topological polar surface area (TPSA) is 9.23 Å². The maximum atomic E-state index is 14.4. The summed E-state index contributed by atoms with van der Waals surface area (Å²) in [7, 11) is 0. The number of benzene rings is 3. The van der Waals surface area contributed by atoms with E-state index in [0.29, 0.717) is 12.2 Å². The lowest BCUT2D eigenvalue weighted by Gasteiger charge is -2.10. The van der Waals surface area contributed by atoms with E-state index in [1.54, 1.807) is 26.0 Å². The number of hydrogen-bond donors (Lipinski definition) is 0. The van der Waals surface area contributed by atoms with Crippen LogP contribution in [0.5, 0.6) is 5.75 Å². The molecule has 0 unspecified atom stereocenters. The molecule has 0 saturated carbocycles. The van der Waals surface area contributed by atoms with Crippen molar-refractivity contribution in [3.05, 3.63) is 88.5 Å². The molecular formula is C26H26F2O. The van der Waals surface area contributed by atoms with Gasteiger partial charge in [-0.25, -0.2) is 4.39 Å². The number of aryl methyl sites for hydroxylation is 2. The lowest BCUT2D eigenvalue weighted by molar-refractivity contribution is 0.313. The zero-order valence-corrected chi connectivity index (χ0v) is 17.1. The summed E-state index contributed by atoms with van der Waals surface area (Å²) < 4.78 is 33.7. The molecule has 3 aromatic carbocycles. The van der Waals surface area contributed by atoms with Gasteiger partial charge < -0.3 is 4.74 Å². The Morgan fingerprint density at radius 2 is 1.45 bits per heavy atom. The van der Waals surface area contributed by atoms with Gasteiger partial charge in [-0.2, -0.15) is 4.39 Å². The van der Waals surface area contributed by atoms with Crippen LogP contribution in [0, 0.1) is 18.6 Å². The summed E-state index contributed by atoms with van der Waals surface area (Å²) >= 11 is 0. The van der Waals surface area contributed by atoms with Gasteiger partial charge in [-0.05, 0) is 54.2 Å². The van der Waals surface area contributed by atoms with Gasteiger partial charge in [0.15, 0.2) is 11.6 Å². The van der Waals surface area contributed by atoms with Crippen molar-refractivity contribution >= 4 is 12.2 Å². The Morgan fingerprint density at radius 1 is 0.828 bits per heavy atom.